The third-order valence-electron chi connectivity index (χ3n) is 2.56. The van der Waals surface area contributed by atoms with E-state index in [0.29, 0.717) is 22.8 Å². The number of hydrogen-bond acceptors (Lipinski definition) is 2. The van der Waals surface area contributed by atoms with Crippen molar-refractivity contribution in [1.29, 1.82) is 0 Å². The molecule has 1 fully saturated rings. The molecule has 0 saturated heterocycles. The zero-order valence-electron chi connectivity index (χ0n) is 9.26. The summed E-state index contributed by atoms with van der Waals surface area (Å²) in [6, 6.07) is 6.14. The largest absolute Gasteiger partial charge is 0.486 e. The Morgan fingerprint density at radius 1 is 1.41 bits per heavy atom. The van der Waals surface area contributed by atoms with E-state index in [9.17, 15) is 8.78 Å². The number of benzene rings is 1. The van der Waals surface area contributed by atoms with Gasteiger partial charge in [0.25, 0.3) is 6.43 Å². The molecule has 1 aliphatic carbocycles. The molecule has 1 aromatic carbocycles. The Bertz CT molecular complexity index is 383. The Morgan fingerprint density at radius 2 is 2.18 bits per heavy atom. The van der Waals surface area contributed by atoms with Gasteiger partial charge in [-0.2, -0.15) is 0 Å². The van der Waals surface area contributed by atoms with Crippen LogP contribution in [0.3, 0.4) is 0 Å². The lowest BCUT2D eigenvalue weighted by molar-refractivity contribution is 0.0810. The Balaban J connectivity index is 2.03. The van der Waals surface area contributed by atoms with Gasteiger partial charge in [0.2, 0.25) is 0 Å². The van der Waals surface area contributed by atoms with E-state index in [2.05, 4.69) is 21.2 Å². The fourth-order valence-corrected chi connectivity index (χ4v) is 2.06. The Labute approximate surface area is 107 Å². The van der Waals surface area contributed by atoms with Gasteiger partial charge in [-0.1, -0.05) is 12.1 Å². The molecule has 2 rings (SSSR count). The van der Waals surface area contributed by atoms with Gasteiger partial charge < -0.3 is 10.1 Å². The highest BCUT2D eigenvalue weighted by atomic mass is 79.9. The van der Waals surface area contributed by atoms with Gasteiger partial charge in [-0.05, 0) is 34.8 Å². The first kappa shape index (κ1) is 12.8. The summed E-state index contributed by atoms with van der Waals surface area (Å²) in [4.78, 5) is 0. The van der Waals surface area contributed by atoms with Crippen LogP contribution in [0, 0.1) is 0 Å². The van der Waals surface area contributed by atoms with Crippen molar-refractivity contribution in [3.63, 3.8) is 0 Å². The van der Waals surface area contributed by atoms with Crippen molar-refractivity contribution in [2.24, 2.45) is 0 Å². The van der Waals surface area contributed by atoms with Crippen molar-refractivity contribution < 1.29 is 13.5 Å². The minimum atomic E-state index is -2.45. The number of alkyl halides is 2. The number of para-hydroxylation sites is 1. The quantitative estimate of drug-likeness (QED) is 0.870. The van der Waals surface area contributed by atoms with Crippen LogP contribution in [0.25, 0.3) is 0 Å². The van der Waals surface area contributed by atoms with E-state index < -0.39 is 13.0 Å². The van der Waals surface area contributed by atoms with Gasteiger partial charge in [0.1, 0.15) is 12.4 Å². The molecule has 1 N–H and O–H groups in total. The third kappa shape index (κ3) is 3.92. The molecule has 5 heteroatoms. The minimum absolute atomic E-state index is 0.515. The van der Waals surface area contributed by atoms with E-state index in [1.807, 2.05) is 12.1 Å². The van der Waals surface area contributed by atoms with Crippen LogP contribution >= 0.6 is 15.9 Å². The van der Waals surface area contributed by atoms with Crippen LogP contribution in [0.4, 0.5) is 8.78 Å². The summed E-state index contributed by atoms with van der Waals surface area (Å²) in [6.45, 7) is 0.0850. The zero-order chi connectivity index (χ0) is 12.3. The maximum Gasteiger partial charge on any atom is 0.272 e. The Hall–Kier alpha value is -0.680. The van der Waals surface area contributed by atoms with E-state index >= 15 is 0 Å². The smallest absolute Gasteiger partial charge is 0.272 e. The first-order chi connectivity index (χ1) is 8.16. The Morgan fingerprint density at radius 3 is 2.82 bits per heavy atom. The molecule has 0 aromatic heterocycles. The van der Waals surface area contributed by atoms with Crippen molar-refractivity contribution >= 4 is 15.9 Å². The van der Waals surface area contributed by atoms with Crippen LogP contribution < -0.4 is 10.1 Å². The van der Waals surface area contributed by atoms with Crippen molar-refractivity contribution in [3.8, 4) is 5.75 Å². The molecule has 0 amide bonds. The molecule has 0 radical (unpaired) electrons. The second kappa shape index (κ2) is 5.78. The molecule has 0 bridgehead atoms. The average Bonchev–Trinajstić information content (AvgIpc) is 3.08. The summed E-state index contributed by atoms with van der Waals surface area (Å²) in [5.74, 6) is 0.515. The first-order valence-electron chi connectivity index (χ1n) is 5.58. The molecule has 1 aliphatic rings. The molecule has 0 aliphatic heterocycles. The first-order valence-corrected chi connectivity index (χ1v) is 6.38. The van der Waals surface area contributed by atoms with Crippen molar-refractivity contribution in [2.45, 2.75) is 31.9 Å². The molecule has 17 heavy (non-hydrogen) atoms. The number of nitrogens with one attached hydrogen (secondary N) is 1. The van der Waals surface area contributed by atoms with Crippen LogP contribution in [-0.2, 0) is 6.54 Å². The van der Waals surface area contributed by atoms with Gasteiger partial charge in [0, 0.05) is 18.2 Å². The molecule has 0 heterocycles. The second-order valence-electron chi connectivity index (χ2n) is 4.09. The van der Waals surface area contributed by atoms with Crippen molar-refractivity contribution in [2.75, 3.05) is 6.61 Å². The van der Waals surface area contributed by atoms with E-state index in [1.165, 1.54) is 12.8 Å². The predicted octanol–water partition coefficient (Wildman–Crippen LogP) is 3.35. The summed E-state index contributed by atoms with van der Waals surface area (Å²) in [5.41, 5.74) is 0.909. The van der Waals surface area contributed by atoms with Crippen LogP contribution in [0.2, 0.25) is 0 Å². The predicted molar refractivity (Wildman–Crippen MR) is 65.5 cm³/mol. The van der Waals surface area contributed by atoms with E-state index in [1.54, 1.807) is 6.07 Å². The minimum Gasteiger partial charge on any atom is -0.486 e. The highest BCUT2D eigenvalue weighted by molar-refractivity contribution is 9.10. The summed E-state index contributed by atoms with van der Waals surface area (Å²) in [6.07, 6.45) is -0.0611. The highest BCUT2D eigenvalue weighted by Crippen LogP contribution is 2.30. The van der Waals surface area contributed by atoms with Gasteiger partial charge in [0.15, 0.2) is 0 Å². The van der Waals surface area contributed by atoms with Gasteiger partial charge in [-0.25, -0.2) is 8.78 Å². The molecule has 2 nitrogen and oxygen atoms in total. The lowest BCUT2D eigenvalue weighted by Crippen LogP contribution is -2.17. The number of halogens is 3. The van der Waals surface area contributed by atoms with Crippen LogP contribution in [0.1, 0.15) is 18.4 Å². The molecule has 0 atom stereocenters. The van der Waals surface area contributed by atoms with E-state index in [-0.39, 0.29) is 0 Å². The van der Waals surface area contributed by atoms with E-state index in [0.717, 1.165) is 5.56 Å². The van der Waals surface area contributed by atoms with Crippen LogP contribution in [0.5, 0.6) is 5.75 Å². The third-order valence-corrected chi connectivity index (χ3v) is 3.19. The molecule has 0 spiro atoms. The lowest BCUT2D eigenvalue weighted by atomic mass is 10.2. The molecule has 94 valence electrons. The van der Waals surface area contributed by atoms with Gasteiger partial charge >= 0.3 is 0 Å². The zero-order valence-corrected chi connectivity index (χ0v) is 10.8. The summed E-state index contributed by atoms with van der Waals surface area (Å²) in [7, 11) is 0. The Kier molecular flexibility index (Phi) is 4.34. The van der Waals surface area contributed by atoms with Gasteiger partial charge in [-0.3, -0.25) is 0 Å². The second-order valence-corrected chi connectivity index (χ2v) is 4.94. The SMILES string of the molecule is FC(F)COc1c(Br)cccc1CNC1CC1. The number of rotatable bonds is 6. The molecule has 1 saturated carbocycles. The van der Waals surface area contributed by atoms with Gasteiger partial charge in [0.05, 0.1) is 4.47 Å². The standard InChI is InChI=1S/C12H14BrF2NO/c13-10-3-1-2-8(6-16-9-4-5-9)12(10)17-7-11(14)15/h1-3,9,11,16H,4-7H2. The topological polar surface area (TPSA) is 21.3 Å². The number of hydrogen-bond donors (Lipinski definition) is 1. The van der Waals surface area contributed by atoms with Crippen LogP contribution in [0.15, 0.2) is 22.7 Å². The molecular formula is C12H14BrF2NO. The maximum atomic E-state index is 12.2. The summed E-state index contributed by atoms with van der Waals surface area (Å²) >= 11 is 3.32. The van der Waals surface area contributed by atoms with Crippen LogP contribution in [-0.4, -0.2) is 19.1 Å². The van der Waals surface area contributed by atoms with Crippen molar-refractivity contribution in [1.82, 2.24) is 5.32 Å². The highest BCUT2D eigenvalue weighted by Gasteiger charge is 2.21. The number of ether oxygens (including phenoxy) is 1. The lowest BCUT2D eigenvalue weighted by Gasteiger charge is -2.13. The molecular weight excluding hydrogens is 292 g/mol. The van der Waals surface area contributed by atoms with E-state index in [4.69, 9.17) is 4.74 Å². The van der Waals surface area contributed by atoms with Crippen molar-refractivity contribution in [3.05, 3.63) is 28.2 Å². The fourth-order valence-electron chi connectivity index (χ4n) is 1.54. The molecule has 0 unspecified atom stereocenters. The summed E-state index contributed by atoms with van der Waals surface area (Å²) in [5, 5.41) is 3.34. The maximum absolute atomic E-state index is 12.2. The molecule has 1 aromatic rings. The van der Waals surface area contributed by atoms with Gasteiger partial charge in [-0.15, -0.1) is 0 Å². The monoisotopic (exact) mass is 305 g/mol. The normalized spacial score (nSPS) is 15.3. The average molecular weight is 306 g/mol. The summed E-state index contributed by atoms with van der Waals surface area (Å²) < 4.78 is 30.2. The fraction of sp³-hybridized carbons (Fsp3) is 0.500.